The third kappa shape index (κ3) is 12.2. The van der Waals surface area contributed by atoms with Gasteiger partial charge in [-0.15, -0.1) is 0 Å². The topological polar surface area (TPSA) is 78.9 Å². The highest BCUT2D eigenvalue weighted by Crippen LogP contribution is 2.43. The summed E-state index contributed by atoms with van der Waals surface area (Å²) < 4.78 is 18.4. The largest absolute Gasteiger partial charge is 0.469 e. The van der Waals surface area contributed by atoms with Crippen LogP contribution < -0.4 is 0 Å². The predicted octanol–water partition coefficient (Wildman–Crippen LogP) is 8.80. The van der Waals surface area contributed by atoms with Crippen molar-refractivity contribution in [3.63, 3.8) is 0 Å². The lowest BCUT2D eigenvalue weighted by atomic mass is 9.88. The van der Waals surface area contributed by atoms with E-state index in [9.17, 15) is 14.4 Å². The van der Waals surface area contributed by atoms with E-state index in [1.807, 2.05) is 0 Å². The Kier molecular flexibility index (Phi) is 14.9. The average molecular weight is 611 g/mol. The van der Waals surface area contributed by atoms with Crippen LogP contribution in [0.5, 0.6) is 0 Å². The molecule has 0 N–H and O–H groups in total. The number of methoxy groups -OCH3 is 1. The number of carbonyl (C=O) groups is 3. The van der Waals surface area contributed by atoms with Crippen molar-refractivity contribution in [3.8, 4) is 0 Å². The summed E-state index contributed by atoms with van der Waals surface area (Å²) in [5.74, 6) is -0.575. The number of ether oxygens (including phenoxy) is 1. The van der Waals surface area contributed by atoms with Crippen LogP contribution >= 0.6 is 0 Å². The highest BCUT2D eigenvalue weighted by molar-refractivity contribution is 6.74. The Balaban J connectivity index is 3.23. The SMILES string of the molecule is CCCCCC(/C=C/C1C(O[Si](C)(C)C(C)(C)C)CC(=O)C1CC(=O)CCCCC(=O)OC)O[Si](C)(C)C(C)(C)C. The zero-order chi connectivity index (χ0) is 31.6. The molecule has 0 bridgehead atoms. The summed E-state index contributed by atoms with van der Waals surface area (Å²) in [5.41, 5.74) is 0. The van der Waals surface area contributed by atoms with Crippen LogP contribution in [0.25, 0.3) is 0 Å². The zero-order valence-electron chi connectivity index (χ0n) is 28.5. The highest BCUT2D eigenvalue weighted by atomic mass is 28.4. The molecule has 0 amide bonds. The predicted molar refractivity (Wildman–Crippen MR) is 174 cm³/mol. The van der Waals surface area contributed by atoms with Gasteiger partial charge in [0.15, 0.2) is 16.6 Å². The summed E-state index contributed by atoms with van der Waals surface area (Å²) in [5, 5.41) is 0.121. The van der Waals surface area contributed by atoms with Gasteiger partial charge in [-0.25, -0.2) is 0 Å². The second kappa shape index (κ2) is 16.1. The first kappa shape index (κ1) is 37.9. The van der Waals surface area contributed by atoms with Gasteiger partial charge in [0.05, 0.1) is 19.3 Å². The van der Waals surface area contributed by atoms with Gasteiger partial charge in [-0.05, 0) is 55.5 Å². The van der Waals surface area contributed by atoms with Crippen LogP contribution in [-0.4, -0.2) is 53.5 Å². The number of rotatable bonds is 17. The molecule has 4 unspecified atom stereocenters. The van der Waals surface area contributed by atoms with E-state index in [0.29, 0.717) is 32.1 Å². The molecule has 1 rings (SSSR count). The van der Waals surface area contributed by atoms with Crippen molar-refractivity contribution in [3.05, 3.63) is 12.2 Å². The van der Waals surface area contributed by atoms with Crippen molar-refractivity contribution >= 4 is 34.2 Å². The van der Waals surface area contributed by atoms with E-state index in [0.717, 1.165) is 25.7 Å². The molecule has 0 heterocycles. The summed E-state index contributed by atoms with van der Waals surface area (Å²) in [7, 11) is -2.76. The molecule has 0 aromatic heterocycles. The molecule has 1 saturated carbocycles. The molecule has 8 heteroatoms. The summed E-state index contributed by atoms with van der Waals surface area (Å²) in [6.07, 6.45) is 11.0. The number of ketones is 2. The van der Waals surface area contributed by atoms with Crippen molar-refractivity contribution in [1.82, 2.24) is 0 Å². The van der Waals surface area contributed by atoms with Crippen molar-refractivity contribution in [2.75, 3.05) is 7.11 Å². The quantitative estimate of drug-likeness (QED) is 0.0709. The van der Waals surface area contributed by atoms with Crippen LogP contribution in [0.15, 0.2) is 12.2 Å². The minimum Gasteiger partial charge on any atom is -0.469 e. The maximum absolute atomic E-state index is 13.4. The average Bonchev–Trinajstić information content (AvgIpc) is 3.11. The molecule has 41 heavy (non-hydrogen) atoms. The molecule has 0 radical (unpaired) electrons. The fourth-order valence-electron chi connectivity index (χ4n) is 4.78. The van der Waals surface area contributed by atoms with Crippen LogP contribution in [0.3, 0.4) is 0 Å². The molecular weight excluding hydrogens is 549 g/mol. The Hall–Kier alpha value is -1.10. The van der Waals surface area contributed by atoms with E-state index in [-0.39, 0.29) is 58.1 Å². The third-order valence-corrected chi connectivity index (χ3v) is 18.6. The molecule has 0 aromatic carbocycles. The molecule has 6 nitrogen and oxygen atoms in total. The first-order valence-corrected chi connectivity index (χ1v) is 21.7. The lowest BCUT2D eigenvalue weighted by molar-refractivity contribution is -0.140. The molecule has 4 atom stereocenters. The lowest BCUT2D eigenvalue weighted by Crippen LogP contribution is -2.45. The molecule has 1 aliphatic carbocycles. The number of esters is 1. The fourth-order valence-corrected chi connectivity index (χ4v) is 7.44. The van der Waals surface area contributed by atoms with Gasteiger partial charge in [0.1, 0.15) is 11.6 Å². The summed E-state index contributed by atoms with van der Waals surface area (Å²) in [4.78, 5) is 37.8. The first-order chi connectivity index (χ1) is 18.8. The fraction of sp³-hybridized carbons (Fsp3) is 0.848. The van der Waals surface area contributed by atoms with Crippen LogP contribution in [0, 0.1) is 11.8 Å². The molecule has 0 saturated heterocycles. The maximum Gasteiger partial charge on any atom is 0.305 e. The van der Waals surface area contributed by atoms with E-state index >= 15 is 0 Å². The normalized spacial score (nSPS) is 21.5. The smallest absolute Gasteiger partial charge is 0.305 e. The van der Waals surface area contributed by atoms with E-state index in [1.165, 1.54) is 7.11 Å². The summed E-state index contributed by atoms with van der Waals surface area (Å²) in [6, 6.07) is 0. The molecule has 1 aliphatic rings. The van der Waals surface area contributed by atoms with Gasteiger partial charge in [-0.3, -0.25) is 14.4 Å². The van der Waals surface area contributed by atoms with Gasteiger partial charge < -0.3 is 13.6 Å². The van der Waals surface area contributed by atoms with Gasteiger partial charge in [0, 0.05) is 37.5 Å². The van der Waals surface area contributed by atoms with E-state index in [4.69, 9.17) is 13.6 Å². The number of Topliss-reactive ketones (excluding diaryl/α,β-unsaturated/α-hetero) is 2. The Morgan fingerprint density at radius 1 is 0.927 bits per heavy atom. The Bertz CT molecular complexity index is 881. The molecular formula is C33H62O6Si2. The number of hydrogen-bond acceptors (Lipinski definition) is 6. The molecule has 0 spiro atoms. The zero-order valence-corrected chi connectivity index (χ0v) is 30.5. The first-order valence-electron chi connectivity index (χ1n) is 15.9. The van der Waals surface area contributed by atoms with Gasteiger partial charge >= 0.3 is 5.97 Å². The second-order valence-electron chi connectivity index (χ2n) is 15.1. The Labute approximate surface area is 254 Å². The molecule has 238 valence electrons. The number of hydrogen-bond donors (Lipinski definition) is 0. The molecule has 0 aliphatic heterocycles. The van der Waals surface area contributed by atoms with Crippen molar-refractivity contribution in [1.29, 1.82) is 0 Å². The van der Waals surface area contributed by atoms with Gasteiger partial charge in [-0.1, -0.05) is 79.9 Å². The highest BCUT2D eigenvalue weighted by Gasteiger charge is 2.47. The number of carbonyl (C=O) groups excluding carboxylic acids is 3. The summed E-state index contributed by atoms with van der Waals surface area (Å²) in [6.45, 7) is 24.7. The third-order valence-electron chi connectivity index (χ3n) is 9.62. The Morgan fingerprint density at radius 2 is 1.51 bits per heavy atom. The summed E-state index contributed by atoms with van der Waals surface area (Å²) >= 11 is 0. The van der Waals surface area contributed by atoms with Crippen molar-refractivity contribution < 1.29 is 28.0 Å². The van der Waals surface area contributed by atoms with Gasteiger partial charge in [-0.2, -0.15) is 0 Å². The van der Waals surface area contributed by atoms with Crippen LogP contribution in [0.4, 0.5) is 0 Å². The molecule has 1 fully saturated rings. The molecule has 0 aromatic rings. The Morgan fingerprint density at radius 3 is 2.05 bits per heavy atom. The van der Waals surface area contributed by atoms with Gasteiger partial charge in [0.2, 0.25) is 0 Å². The second-order valence-corrected chi connectivity index (χ2v) is 24.6. The van der Waals surface area contributed by atoms with Crippen molar-refractivity contribution in [2.45, 2.75) is 161 Å². The van der Waals surface area contributed by atoms with E-state index < -0.39 is 16.6 Å². The van der Waals surface area contributed by atoms with Crippen LogP contribution in [0.1, 0.15) is 113 Å². The number of unbranched alkanes of at least 4 members (excludes halogenated alkanes) is 3. The van der Waals surface area contributed by atoms with Crippen LogP contribution in [0.2, 0.25) is 36.3 Å². The maximum atomic E-state index is 13.4. The van der Waals surface area contributed by atoms with E-state index in [1.54, 1.807) is 0 Å². The van der Waals surface area contributed by atoms with Crippen LogP contribution in [-0.2, 0) is 28.0 Å². The minimum atomic E-state index is -2.14. The van der Waals surface area contributed by atoms with Crippen molar-refractivity contribution in [2.24, 2.45) is 11.8 Å². The monoisotopic (exact) mass is 610 g/mol. The van der Waals surface area contributed by atoms with E-state index in [2.05, 4.69) is 86.8 Å². The standard InChI is InChI=1S/C33H62O6Si2/c1-13-14-15-19-26(38-40(9,10)32(2,3)4)21-22-27-28(23-25(34)18-16-17-20-31(36)37-8)29(35)24-30(27)39-41(11,12)33(5,6)7/h21-22,26-28,30H,13-20,23-24H2,1-12H3/b22-21+. The minimum absolute atomic E-state index is 0.0126. The lowest BCUT2D eigenvalue weighted by Gasteiger charge is -2.40. The van der Waals surface area contributed by atoms with Gasteiger partial charge in [0.25, 0.3) is 0 Å².